The first kappa shape index (κ1) is 18.3. The van der Waals surface area contributed by atoms with Crippen LogP contribution < -0.4 is 0 Å². The predicted molar refractivity (Wildman–Crippen MR) is 92.9 cm³/mol. The first-order valence-corrected chi connectivity index (χ1v) is 9.50. The van der Waals surface area contributed by atoms with Crippen molar-refractivity contribution in [1.29, 1.82) is 0 Å². The molecule has 0 spiro atoms. The molecule has 1 N–H and O–H groups in total. The molecule has 0 radical (unpaired) electrons. The molecule has 0 fully saturated rings. The van der Waals surface area contributed by atoms with Gasteiger partial charge in [0.05, 0.1) is 0 Å². The molecule has 1 aromatic heterocycles. The summed E-state index contributed by atoms with van der Waals surface area (Å²) in [6.45, 7) is 5.98. The second-order valence-corrected chi connectivity index (χ2v) is 6.63. The van der Waals surface area contributed by atoms with Crippen molar-refractivity contribution >= 4 is 11.8 Å². The SMILES string of the molecule is C=CCCCCCCCCc1nc(SCCCCC)n[nH]1. The van der Waals surface area contributed by atoms with Crippen LogP contribution in [0.15, 0.2) is 17.8 Å². The van der Waals surface area contributed by atoms with Gasteiger partial charge >= 0.3 is 0 Å². The number of rotatable bonds is 14. The molecule has 3 nitrogen and oxygen atoms in total. The van der Waals surface area contributed by atoms with Gasteiger partial charge in [0, 0.05) is 12.2 Å². The van der Waals surface area contributed by atoms with E-state index in [0.717, 1.165) is 29.6 Å². The van der Waals surface area contributed by atoms with E-state index in [1.165, 1.54) is 57.8 Å². The first-order valence-electron chi connectivity index (χ1n) is 8.51. The molecule has 0 saturated carbocycles. The summed E-state index contributed by atoms with van der Waals surface area (Å²) in [7, 11) is 0. The number of hydrogen-bond acceptors (Lipinski definition) is 3. The number of aryl methyl sites for hydroxylation is 1. The quantitative estimate of drug-likeness (QED) is 0.278. The van der Waals surface area contributed by atoms with Gasteiger partial charge in [-0.05, 0) is 25.7 Å². The van der Waals surface area contributed by atoms with Gasteiger partial charge < -0.3 is 0 Å². The zero-order valence-corrected chi connectivity index (χ0v) is 14.4. The fourth-order valence-corrected chi connectivity index (χ4v) is 3.07. The fourth-order valence-electron chi connectivity index (χ4n) is 2.26. The number of allylic oxidation sites excluding steroid dienone is 1. The Bertz CT molecular complexity index is 363. The summed E-state index contributed by atoms with van der Waals surface area (Å²) in [5.41, 5.74) is 0. The maximum atomic E-state index is 4.55. The van der Waals surface area contributed by atoms with Gasteiger partial charge in [-0.3, -0.25) is 5.10 Å². The van der Waals surface area contributed by atoms with Crippen molar-refractivity contribution in [1.82, 2.24) is 15.2 Å². The molecule has 1 aromatic rings. The summed E-state index contributed by atoms with van der Waals surface area (Å²) in [5.74, 6) is 2.19. The van der Waals surface area contributed by atoms with E-state index in [1.807, 2.05) is 6.08 Å². The first-order chi connectivity index (χ1) is 10.4. The predicted octanol–water partition coefficient (Wildman–Crippen LogP) is 5.55. The van der Waals surface area contributed by atoms with Crippen LogP contribution in [0.2, 0.25) is 0 Å². The maximum absolute atomic E-state index is 4.55. The molecular weight excluding hydrogens is 278 g/mol. The molecule has 0 aromatic carbocycles. The van der Waals surface area contributed by atoms with Crippen LogP contribution in [0.1, 0.15) is 77.0 Å². The Balaban J connectivity index is 2.00. The smallest absolute Gasteiger partial charge is 0.208 e. The minimum atomic E-state index is 0.922. The third-order valence-corrected chi connectivity index (χ3v) is 4.50. The third kappa shape index (κ3) is 9.72. The minimum Gasteiger partial charge on any atom is -0.262 e. The summed E-state index contributed by atoms with van der Waals surface area (Å²) in [6, 6.07) is 0. The largest absolute Gasteiger partial charge is 0.262 e. The lowest BCUT2D eigenvalue weighted by molar-refractivity contribution is 0.591. The average Bonchev–Trinajstić information content (AvgIpc) is 2.94. The molecule has 21 heavy (non-hydrogen) atoms. The lowest BCUT2D eigenvalue weighted by Crippen LogP contribution is -1.89. The molecular formula is C17H31N3S. The van der Waals surface area contributed by atoms with Crippen LogP contribution in [0, 0.1) is 0 Å². The number of thioether (sulfide) groups is 1. The van der Waals surface area contributed by atoms with Crippen molar-refractivity contribution in [3.8, 4) is 0 Å². The molecule has 0 bridgehead atoms. The molecule has 1 heterocycles. The third-order valence-electron chi connectivity index (χ3n) is 3.56. The van der Waals surface area contributed by atoms with Gasteiger partial charge in [-0.15, -0.1) is 11.7 Å². The zero-order chi connectivity index (χ0) is 15.2. The molecule has 0 amide bonds. The minimum absolute atomic E-state index is 0.922. The monoisotopic (exact) mass is 309 g/mol. The Kier molecular flexibility index (Phi) is 11.3. The van der Waals surface area contributed by atoms with Crippen molar-refractivity contribution in [2.45, 2.75) is 82.7 Å². The summed E-state index contributed by atoms with van der Waals surface area (Å²) < 4.78 is 0. The van der Waals surface area contributed by atoms with E-state index in [0.29, 0.717) is 0 Å². The molecule has 0 aliphatic carbocycles. The summed E-state index contributed by atoms with van der Waals surface area (Å²) >= 11 is 1.77. The van der Waals surface area contributed by atoms with Gasteiger partial charge in [0.25, 0.3) is 0 Å². The highest BCUT2D eigenvalue weighted by Gasteiger charge is 2.03. The zero-order valence-electron chi connectivity index (χ0n) is 13.6. The molecule has 4 heteroatoms. The number of unbranched alkanes of at least 4 members (excludes halogenated alkanes) is 8. The average molecular weight is 310 g/mol. The van der Waals surface area contributed by atoms with Crippen molar-refractivity contribution in [3.63, 3.8) is 0 Å². The number of aromatic nitrogens is 3. The van der Waals surface area contributed by atoms with E-state index >= 15 is 0 Å². The summed E-state index contributed by atoms with van der Waals surface area (Å²) in [4.78, 5) is 4.55. The van der Waals surface area contributed by atoms with Gasteiger partial charge in [-0.1, -0.05) is 63.3 Å². The highest BCUT2D eigenvalue weighted by Crippen LogP contribution is 2.16. The van der Waals surface area contributed by atoms with Crippen molar-refractivity contribution in [2.24, 2.45) is 0 Å². The molecule has 1 rings (SSSR count). The number of aromatic amines is 1. The molecule has 0 saturated heterocycles. The highest BCUT2D eigenvalue weighted by molar-refractivity contribution is 7.99. The normalized spacial score (nSPS) is 10.9. The van der Waals surface area contributed by atoms with E-state index in [4.69, 9.17) is 0 Å². The van der Waals surface area contributed by atoms with Crippen molar-refractivity contribution in [2.75, 3.05) is 5.75 Å². The summed E-state index contributed by atoms with van der Waals surface area (Å²) in [6.07, 6.45) is 15.9. The number of H-pyrrole nitrogens is 1. The summed E-state index contributed by atoms with van der Waals surface area (Å²) in [5, 5.41) is 8.27. The molecule has 120 valence electrons. The van der Waals surface area contributed by atoms with Gasteiger partial charge in [-0.2, -0.15) is 0 Å². The highest BCUT2D eigenvalue weighted by atomic mass is 32.2. The Hall–Kier alpha value is -0.770. The van der Waals surface area contributed by atoms with E-state index in [9.17, 15) is 0 Å². The molecule has 0 unspecified atom stereocenters. The Labute approximate surface area is 134 Å². The van der Waals surface area contributed by atoms with Crippen molar-refractivity contribution < 1.29 is 0 Å². The number of nitrogens with one attached hydrogen (secondary N) is 1. The Morgan fingerprint density at radius 1 is 1.05 bits per heavy atom. The van der Waals surface area contributed by atoms with Gasteiger partial charge in [0.2, 0.25) is 5.16 Å². The van der Waals surface area contributed by atoms with Crippen LogP contribution in [0.5, 0.6) is 0 Å². The molecule has 0 atom stereocenters. The topological polar surface area (TPSA) is 41.6 Å². The second-order valence-electron chi connectivity index (χ2n) is 5.57. The lowest BCUT2D eigenvalue weighted by atomic mass is 10.1. The van der Waals surface area contributed by atoms with Crippen LogP contribution in [0.3, 0.4) is 0 Å². The van der Waals surface area contributed by atoms with E-state index < -0.39 is 0 Å². The number of hydrogen-bond donors (Lipinski definition) is 1. The van der Waals surface area contributed by atoms with Crippen molar-refractivity contribution in [3.05, 3.63) is 18.5 Å². The lowest BCUT2D eigenvalue weighted by Gasteiger charge is -1.99. The van der Waals surface area contributed by atoms with Crippen LogP contribution >= 0.6 is 11.8 Å². The Morgan fingerprint density at radius 3 is 2.57 bits per heavy atom. The standard InChI is InChI=1S/C17H31N3S/c1-3-5-7-8-9-10-11-12-14-16-18-17(20-19-16)21-15-13-6-4-2/h3H,1,4-15H2,2H3,(H,18,19,20). The fraction of sp³-hybridized carbons (Fsp3) is 0.765. The second kappa shape index (κ2) is 12.9. The van der Waals surface area contributed by atoms with Crippen LogP contribution in [0.4, 0.5) is 0 Å². The Morgan fingerprint density at radius 2 is 1.81 bits per heavy atom. The van der Waals surface area contributed by atoms with Crippen LogP contribution in [-0.2, 0) is 6.42 Å². The van der Waals surface area contributed by atoms with E-state index in [1.54, 1.807) is 11.8 Å². The maximum Gasteiger partial charge on any atom is 0.208 e. The van der Waals surface area contributed by atoms with E-state index in [2.05, 4.69) is 28.7 Å². The van der Waals surface area contributed by atoms with Crippen LogP contribution in [-0.4, -0.2) is 20.9 Å². The van der Waals surface area contributed by atoms with E-state index in [-0.39, 0.29) is 0 Å². The molecule has 0 aliphatic rings. The molecule has 0 aliphatic heterocycles. The van der Waals surface area contributed by atoms with Crippen LogP contribution in [0.25, 0.3) is 0 Å². The number of nitrogens with zero attached hydrogens (tertiary/aromatic N) is 2. The van der Waals surface area contributed by atoms with Gasteiger partial charge in [0.15, 0.2) is 0 Å². The van der Waals surface area contributed by atoms with Gasteiger partial charge in [-0.25, -0.2) is 4.98 Å². The van der Waals surface area contributed by atoms with Gasteiger partial charge in [0.1, 0.15) is 5.82 Å².